The summed E-state index contributed by atoms with van der Waals surface area (Å²) in [5, 5.41) is 7.26. The Hall–Kier alpha value is -3.45. The number of rotatable bonds is 5. The lowest BCUT2D eigenvalue weighted by Gasteiger charge is -2.08. The van der Waals surface area contributed by atoms with Crippen LogP contribution in [0, 0.1) is 5.82 Å². The van der Waals surface area contributed by atoms with Gasteiger partial charge in [-0.2, -0.15) is 0 Å². The highest BCUT2D eigenvalue weighted by Crippen LogP contribution is 2.39. The van der Waals surface area contributed by atoms with Crippen molar-refractivity contribution in [2.45, 2.75) is 4.90 Å². The minimum atomic E-state index is -3.30. The highest BCUT2D eigenvalue weighted by Gasteiger charge is 2.19. The van der Waals surface area contributed by atoms with Crippen LogP contribution in [0.4, 0.5) is 4.39 Å². The predicted octanol–water partition coefficient (Wildman–Crippen LogP) is 5.08. The molecule has 0 aliphatic carbocycles. The van der Waals surface area contributed by atoms with Gasteiger partial charge in [-0.3, -0.25) is 5.10 Å². The number of H-pyrrole nitrogens is 1. The average Bonchev–Trinajstić information content (AvgIpc) is 3.12. The van der Waals surface area contributed by atoms with Gasteiger partial charge in [-0.05, 0) is 42.0 Å². The summed E-state index contributed by atoms with van der Waals surface area (Å²) in [6.45, 7) is 0. The normalized spacial score (nSPS) is 11.4. The fourth-order valence-corrected chi connectivity index (χ4v) is 3.59. The van der Waals surface area contributed by atoms with E-state index in [2.05, 4.69) is 10.2 Å². The van der Waals surface area contributed by atoms with Gasteiger partial charge >= 0.3 is 0 Å². The number of benzene rings is 3. The number of sulfone groups is 1. The predicted molar refractivity (Wildman–Crippen MR) is 109 cm³/mol. The molecule has 146 valence electrons. The van der Waals surface area contributed by atoms with Crippen LogP contribution in [0.2, 0.25) is 0 Å². The molecule has 7 heteroatoms. The van der Waals surface area contributed by atoms with Crippen LogP contribution < -0.4 is 4.74 Å². The summed E-state index contributed by atoms with van der Waals surface area (Å²) in [6.07, 6.45) is 1.16. The third-order valence-corrected chi connectivity index (χ3v) is 5.52. The van der Waals surface area contributed by atoms with Crippen molar-refractivity contribution in [1.29, 1.82) is 0 Å². The number of nitrogens with one attached hydrogen (secondary N) is 1. The molecule has 5 nitrogen and oxygen atoms in total. The van der Waals surface area contributed by atoms with Crippen LogP contribution in [0.15, 0.2) is 83.8 Å². The molecule has 1 N–H and O–H groups in total. The summed E-state index contributed by atoms with van der Waals surface area (Å²) >= 11 is 0. The van der Waals surface area contributed by atoms with Crippen LogP contribution in [0.1, 0.15) is 0 Å². The van der Waals surface area contributed by atoms with Crippen LogP contribution in [-0.2, 0) is 9.84 Å². The Balaban J connectivity index is 1.82. The second-order valence-electron chi connectivity index (χ2n) is 6.50. The molecule has 0 fully saturated rings. The standard InChI is InChI=1S/C22H17FN2O3S/c1-29(26,27)19-13-9-16(10-14-19)21-20(15-7-11-17(23)12-8-15)22(25-24-21)28-18-5-3-2-4-6-18/h2-14H,1H3,(H,24,25). The van der Waals surface area contributed by atoms with E-state index < -0.39 is 9.84 Å². The van der Waals surface area contributed by atoms with Crippen molar-refractivity contribution in [3.8, 4) is 34.0 Å². The smallest absolute Gasteiger partial charge is 0.246 e. The maximum absolute atomic E-state index is 13.4. The first-order valence-electron chi connectivity index (χ1n) is 8.79. The number of para-hydroxylation sites is 1. The van der Waals surface area contributed by atoms with Crippen molar-refractivity contribution in [2.24, 2.45) is 0 Å². The Bertz CT molecular complexity index is 1230. The second-order valence-corrected chi connectivity index (χ2v) is 8.51. The lowest BCUT2D eigenvalue weighted by atomic mass is 10.0. The minimum absolute atomic E-state index is 0.227. The van der Waals surface area contributed by atoms with Crippen LogP contribution in [0.5, 0.6) is 11.6 Å². The summed E-state index contributed by atoms with van der Waals surface area (Å²) in [4.78, 5) is 0.227. The summed E-state index contributed by atoms with van der Waals surface area (Å²) < 4.78 is 42.9. The Labute approximate surface area is 167 Å². The van der Waals surface area contributed by atoms with Crippen molar-refractivity contribution >= 4 is 9.84 Å². The first kappa shape index (κ1) is 18.9. The molecule has 4 rings (SSSR count). The molecule has 29 heavy (non-hydrogen) atoms. The van der Waals surface area contributed by atoms with E-state index in [1.165, 1.54) is 24.3 Å². The van der Waals surface area contributed by atoms with Crippen molar-refractivity contribution in [3.63, 3.8) is 0 Å². The molecule has 0 radical (unpaired) electrons. The molecule has 0 saturated heterocycles. The maximum atomic E-state index is 13.4. The van der Waals surface area contributed by atoms with Gasteiger partial charge in [0.05, 0.1) is 16.2 Å². The number of hydrogen-bond donors (Lipinski definition) is 1. The molecular formula is C22H17FN2O3S. The molecule has 0 saturated carbocycles. The number of nitrogens with zero attached hydrogens (tertiary/aromatic N) is 1. The van der Waals surface area contributed by atoms with Gasteiger partial charge < -0.3 is 4.74 Å². The largest absolute Gasteiger partial charge is 0.437 e. The lowest BCUT2D eigenvalue weighted by molar-refractivity contribution is 0.463. The third kappa shape index (κ3) is 4.05. The lowest BCUT2D eigenvalue weighted by Crippen LogP contribution is -1.96. The van der Waals surface area contributed by atoms with E-state index in [0.717, 1.165) is 11.8 Å². The molecule has 1 aromatic heterocycles. The quantitative estimate of drug-likeness (QED) is 0.500. The van der Waals surface area contributed by atoms with Crippen molar-refractivity contribution in [3.05, 3.63) is 84.7 Å². The van der Waals surface area contributed by atoms with Gasteiger partial charge in [0.1, 0.15) is 11.6 Å². The van der Waals surface area contributed by atoms with E-state index in [1.807, 2.05) is 30.3 Å². The van der Waals surface area contributed by atoms with Gasteiger partial charge in [0.15, 0.2) is 9.84 Å². The number of hydrogen-bond acceptors (Lipinski definition) is 4. The maximum Gasteiger partial charge on any atom is 0.246 e. The minimum Gasteiger partial charge on any atom is -0.437 e. The van der Waals surface area contributed by atoms with Gasteiger partial charge in [-0.15, -0.1) is 5.10 Å². The van der Waals surface area contributed by atoms with E-state index in [9.17, 15) is 12.8 Å². The third-order valence-electron chi connectivity index (χ3n) is 4.39. The highest BCUT2D eigenvalue weighted by molar-refractivity contribution is 7.90. The van der Waals surface area contributed by atoms with Crippen LogP contribution in [-0.4, -0.2) is 24.9 Å². The Morgan fingerprint density at radius 3 is 2.10 bits per heavy atom. The number of halogens is 1. The van der Waals surface area contributed by atoms with E-state index in [1.54, 1.807) is 24.3 Å². The molecule has 0 unspecified atom stereocenters. The Morgan fingerprint density at radius 2 is 1.48 bits per heavy atom. The molecule has 4 aromatic rings. The van der Waals surface area contributed by atoms with Crippen LogP contribution >= 0.6 is 0 Å². The van der Waals surface area contributed by atoms with E-state index in [0.29, 0.717) is 28.5 Å². The topological polar surface area (TPSA) is 72.0 Å². The SMILES string of the molecule is CS(=O)(=O)c1ccc(-c2[nH]nc(Oc3ccccc3)c2-c2ccc(F)cc2)cc1. The number of ether oxygens (including phenoxy) is 1. The fraction of sp³-hybridized carbons (Fsp3) is 0.0455. The molecule has 0 aliphatic rings. The summed E-state index contributed by atoms with van der Waals surface area (Å²) in [5.74, 6) is 0.605. The van der Waals surface area contributed by atoms with E-state index in [-0.39, 0.29) is 10.7 Å². The van der Waals surface area contributed by atoms with Gasteiger partial charge in [0, 0.05) is 11.8 Å². The molecule has 1 heterocycles. The molecule has 0 bridgehead atoms. The zero-order valence-corrected chi connectivity index (χ0v) is 16.3. The summed E-state index contributed by atoms with van der Waals surface area (Å²) in [6, 6.07) is 21.7. The average molecular weight is 408 g/mol. The second kappa shape index (κ2) is 7.52. The zero-order valence-electron chi connectivity index (χ0n) is 15.5. The van der Waals surface area contributed by atoms with Gasteiger partial charge in [0.25, 0.3) is 0 Å². The van der Waals surface area contributed by atoms with Crippen molar-refractivity contribution in [2.75, 3.05) is 6.26 Å². The van der Waals surface area contributed by atoms with Crippen LogP contribution in [0.3, 0.4) is 0 Å². The Morgan fingerprint density at radius 1 is 0.862 bits per heavy atom. The molecule has 0 atom stereocenters. The first-order chi connectivity index (χ1) is 13.9. The first-order valence-corrected chi connectivity index (χ1v) is 10.7. The molecular weight excluding hydrogens is 391 g/mol. The van der Waals surface area contributed by atoms with Crippen LogP contribution in [0.25, 0.3) is 22.4 Å². The molecule has 0 aliphatic heterocycles. The monoisotopic (exact) mass is 408 g/mol. The number of aromatic nitrogens is 2. The van der Waals surface area contributed by atoms with Crippen molar-refractivity contribution < 1.29 is 17.5 Å². The Kier molecular flexibility index (Phi) is 4.90. The van der Waals surface area contributed by atoms with Gasteiger partial charge in [-0.1, -0.05) is 42.5 Å². The molecule has 3 aromatic carbocycles. The number of aromatic amines is 1. The fourth-order valence-electron chi connectivity index (χ4n) is 2.96. The van der Waals surface area contributed by atoms with E-state index in [4.69, 9.17) is 4.74 Å². The van der Waals surface area contributed by atoms with Gasteiger partial charge in [0.2, 0.25) is 5.88 Å². The van der Waals surface area contributed by atoms with E-state index >= 15 is 0 Å². The van der Waals surface area contributed by atoms with Gasteiger partial charge in [-0.25, -0.2) is 12.8 Å². The molecule has 0 spiro atoms. The van der Waals surface area contributed by atoms with Crippen molar-refractivity contribution in [1.82, 2.24) is 10.2 Å². The zero-order chi connectivity index (χ0) is 20.4. The molecule has 0 amide bonds. The summed E-state index contributed by atoms with van der Waals surface area (Å²) in [5.41, 5.74) is 2.74. The highest BCUT2D eigenvalue weighted by atomic mass is 32.2. The summed E-state index contributed by atoms with van der Waals surface area (Å²) in [7, 11) is -3.30.